The Morgan fingerprint density at radius 3 is 2.78 bits per heavy atom. The Bertz CT molecular complexity index is 741. The lowest BCUT2D eigenvalue weighted by Crippen LogP contribution is -2.48. The first-order valence-electron chi connectivity index (χ1n) is 8.33. The molecule has 7 heteroatoms. The molecule has 2 fully saturated rings. The van der Waals surface area contributed by atoms with Crippen LogP contribution in [-0.4, -0.2) is 55.7 Å². The van der Waals surface area contributed by atoms with Gasteiger partial charge in [-0.1, -0.05) is 0 Å². The number of nitrogens with zero attached hydrogens (tertiary/aromatic N) is 6. The van der Waals surface area contributed by atoms with E-state index in [1.807, 2.05) is 18.1 Å². The van der Waals surface area contributed by atoms with E-state index in [0.717, 1.165) is 55.6 Å². The molecule has 0 aromatic carbocycles. The van der Waals surface area contributed by atoms with Gasteiger partial charge in [0, 0.05) is 27.1 Å². The molecule has 23 heavy (non-hydrogen) atoms. The summed E-state index contributed by atoms with van der Waals surface area (Å²) in [5.41, 5.74) is 0.857. The maximum absolute atomic E-state index is 11.9. The Morgan fingerprint density at radius 1 is 1.17 bits per heavy atom. The summed E-state index contributed by atoms with van der Waals surface area (Å²) in [6.07, 6.45) is 7.89. The normalized spacial score (nSPS) is 24.8. The Balaban J connectivity index is 1.71. The van der Waals surface area contributed by atoms with Crippen molar-refractivity contribution in [3.63, 3.8) is 0 Å². The van der Waals surface area contributed by atoms with Gasteiger partial charge in [0.15, 0.2) is 5.65 Å². The van der Waals surface area contributed by atoms with Crippen molar-refractivity contribution in [1.29, 1.82) is 0 Å². The van der Waals surface area contributed by atoms with Crippen molar-refractivity contribution in [2.75, 3.05) is 18.0 Å². The summed E-state index contributed by atoms with van der Waals surface area (Å²) in [6.45, 7) is 3.55. The monoisotopic (exact) mass is 314 g/mol. The second kappa shape index (κ2) is 5.47. The predicted molar refractivity (Wildman–Crippen MR) is 87.1 cm³/mol. The van der Waals surface area contributed by atoms with E-state index in [1.54, 1.807) is 17.9 Å². The van der Waals surface area contributed by atoms with Crippen LogP contribution in [0.5, 0.6) is 0 Å². The number of aryl methyl sites for hydroxylation is 1. The molecule has 2 atom stereocenters. The fourth-order valence-electron chi connectivity index (χ4n) is 4.22. The highest BCUT2D eigenvalue weighted by Gasteiger charge is 2.39. The number of likely N-dealkylation sites (tertiary alicyclic amines) is 1. The lowest BCUT2D eigenvalue weighted by atomic mass is 10.0. The van der Waals surface area contributed by atoms with E-state index in [-0.39, 0.29) is 5.91 Å². The largest absolute Gasteiger partial charge is 0.351 e. The fraction of sp³-hybridized carbons (Fsp3) is 0.625. The van der Waals surface area contributed by atoms with E-state index in [0.29, 0.717) is 12.1 Å². The van der Waals surface area contributed by atoms with Gasteiger partial charge in [0.1, 0.15) is 12.1 Å². The van der Waals surface area contributed by atoms with Crippen LogP contribution in [0.3, 0.4) is 0 Å². The Hall–Kier alpha value is -2.18. The molecule has 122 valence electrons. The van der Waals surface area contributed by atoms with Gasteiger partial charge in [0.25, 0.3) is 0 Å². The lowest BCUT2D eigenvalue weighted by Gasteiger charge is -2.35. The van der Waals surface area contributed by atoms with Gasteiger partial charge in [-0.3, -0.25) is 9.48 Å². The minimum atomic E-state index is 0.188. The van der Waals surface area contributed by atoms with E-state index in [4.69, 9.17) is 0 Å². The maximum atomic E-state index is 11.9. The highest BCUT2D eigenvalue weighted by molar-refractivity contribution is 5.87. The quantitative estimate of drug-likeness (QED) is 0.837. The first kappa shape index (κ1) is 14.4. The third-order valence-corrected chi connectivity index (χ3v) is 5.23. The molecule has 7 nitrogen and oxygen atoms in total. The zero-order valence-corrected chi connectivity index (χ0v) is 13.6. The fourth-order valence-corrected chi connectivity index (χ4v) is 4.22. The number of carbonyl (C=O) groups excluding carboxylic acids is 1. The van der Waals surface area contributed by atoms with Crippen LogP contribution < -0.4 is 4.90 Å². The predicted octanol–water partition coefficient (Wildman–Crippen LogP) is 1.34. The van der Waals surface area contributed by atoms with Crippen molar-refractivity contribution in [3.05, 3.63) is 12.5 Å². The Labute approximate surface area is 135 Å². The summed E-state index contributed by atoms with van der Waals surface area (Å²) < 4.78 is 1.78. The zero-order chi connectivity index (χ0) is 16.0. The molecule has 2 aliphatic rings. The van der Waals surface area contributed by atoms with Crippen LogP contribution in [0.25, 0.3) is 11.0 Å². The summed E-state index contributed by atoms with van der Waals surface area (Å²) >= 11 is 0. The van der Waals surface area contributed by atoms with Gasteiger partial charge < -0.3 is 9.80 Å². The molecule has 4 rings (SSSR count). The smallest absolute Gasteiger partial charge is 0.219 e. The van der Waals surface area contributed by atoms with Gasteiger partial charge in [-0.15, -0.1) is 0 Å². The van der Waals surface area contributed by atoms with Crippen molar-refractivity contribution in [2.45, 2.75) is 44.7 Å². The molecule has 0 saturated carbocycles. The molecule has 2 aromatic heterocycles. The average Bonchev–Trinajstić information content (AvgIpc) is 3.25. The van der Waals surface area contributed by atoms with Crippen LogP contribution in [-0.2, 0) is 11.8 Å². The molecule has 2 saturated heterocycles. The summed E-state index contributed by atoms with van der Waals surface area (Å²) in [5, 5.41) is 5.31. The number of anilines is 1. The van der Waals surface area contributed by atoms with Crippen LogP contribution in [0.4, 0.5) is 5.82 Å². The van der Waals surface area contributed by atoms with Gasteiger partial charge >= 0.3 is 0 Å². The van der Waals surface area contributed by atoms with E-state index in [2.05, 4.69) is 20.0 Å². The van der Waals surface area contributed by atoms with Gasteiger partial charge in [0.05, 0.1) is 23.7 Å². The molecule has 2 aliphatic heterocycles. The second-order valence-corrected chi connectivity index (χ2v) is 6.53. The van der Waals surface area contributed by atoms with Crippen molar-refractivity contribution < 1.29 is 4.79 Å². The van der Waals surface area contributed by atoms with E-state index in [1.165, 1.54) is 0 Å². The maximum Gasteiger partial charge on any atom is 0.219 e. The summed E-state index contributed by atoms with van der Waals surface area (Å²) in [5.74, 6) is 1.15. The summed E-state index contributed by atoms with van der Waals surface area (Å²) in [6, 6.07) is 0.649. The van der Waals surface area contributed by atoms with Crippen molar-refractivity contribution in [3.8, 4) is 0 Å². The van der Waals surface area contributed by atoms with E-state index in [9.17, 15) is 4.79 Å². The Morgan fingerprint density at radius 2 is 1.96 bits per heavy atom. The van der Waals surface area contributed by atoms with Crippen molar-refractivity contribution >= 4 is 22.8 Å². The van der Waals surface area contributed by atoms with Crippen molar-refractivity contribution in [1.82, 2.24) is 24.6 Å². The SMILES string of the molecule is CC(=O)N1CCC[C@H]1[C@@H]1CCCN1c1ncnc2c1cnn2C. The standard InChI is InChI=1S/C16H22N6O/c1-11(23)21-7-3-5-13(21)14-6-4-8-22(14)16-12-9-19-20(2)15(12)17-10-18-16/h9-10,13-14H,3-8H2,1-2H3/t13-,14-/m0/s1. The molecule has 0 radical (unpaired) electrons. The third kappa shape index (κ3) is 2.26. The molecule has 0 N–H and O–H groups in total. The minimum absolute atomic E-state index is 0.188. The lowest BCUT2D eigenvalue weighted by molar-refractivity contribution is -0.129. The van der Waals surface area contributed by atoms with Gasteiger partial charge in [-0.2, -0.15) is 5.10 Å². The van der Waals surface area contributed by atoms with Gasteiger partial charge in [-0.05, 0) is 25.7 Å². The average molecular weight is 314 g/mol. The van der Waals surface area contributed by atoms with Crippen LogP contribution in [0.1, 0.15) is 32.6 Å². The van der Waals surface area contributed by atoms with Gasteiger partial charge in [0.2, 0.25) is 5.91 Å². The highest BCUT2D eigenvalue weighted by Crippen LogP contribution is 2.35. The number of hydrogen-bond acceptors (Lipinski definition) is 5. The zero-order valence-electron chi connectivity index (χ0n) is 13.6. The van der Waals surface area contributed by atoms with Crippen LogP contribution in [0.15, 0.2) is 12.5 Å². The molecule has 0 unspecified atom stereocenters. The first-order chi connectivity index (χ1) is 11.2. The molecular weight excluding hydrogens is 292 g/mol. The molecule has 2 aromatic rings. The van der Waals surface area contributed by atoms with E-state index < -0.39 is 0 Å². The highest BCUT2D eigenvalue weighted by atomic mass is 16.2. The molecule has 0 bridgehead atoms. The number of rotatable bonds is 2. The van der Waals surface area contributed by atoms with Crippen molar-refractivity contribution in [2.24, 2.45) is 7.05 Å². The molecular formula is C16H22N6O. The summed E-state index contributed by atoms with van der Waals surface area (Å²) in [4.78, 5) is 25.2. The summed E-state index contributed by atoms with van der Waals surface area (Å²) in [7, 11) is 1.90. The topological polar surface area (TPSA) is 67.2 Å². The van der Waals surface area contributed by atoms with Crippen LogP contribution in [0, 0.1) is 0 Å². The number of amides is 1. The second-order valence-electron chi connectivity index (χ2n) is 6.53. The third-order valence-electron chi connectivity index (χ3n) is 5.23. The first-order valence-corrected chi connectivity index (χ1v) is 8.33. The molecule has 0 aliphatic carbocycles. The number of aromatic nitrogens is 4. The Kier molecular flexibility index (Phi) is 3.43. The number of fused-ring (bicyclic) bond motifs is 1. The molecule has 1 amide bonds. The van der Waals surface area contributed by atoms with Gasteiger partial charge in [-0.25, -0.2) is 9.97 Å². The molecule has 4 heterocycles. The van der Waals surface area contributed by atoms with E-state index >= 15 is 0 Å². The molecule has 0 spiro atoms. The number of hydrogen-bond donors (Lipinski definition) is 0. The van der Waals surface area contributed by atoms with Crippen LogP contribution in [0.2, 0.25) is 0 Å². The number of carbonyl (C=O) groups is 1. The van der Waals surface area contributed by atoms with Crippen LogP contribution >= 0.6 is 0 Å². The minimum Gasteiger partial charge on any atom is -0.351 e.